The summed E-state index contributed by atoms with van der Waals surface area (Å²) in [4.78, 5) is 23.0. The standard InChI is InChI=1S/C19H13NO4/c21-18(22)14-8-6-11-5-7-13(10-15(11)14)20-16-4-2-1-3-12(16)9-17(20)19(23)24/h1-5,7-10H,6H2,(H,21,22)(H,23,24). The van der Waals surface area contributed by atoms with Crippen molar-refractivity contribution in [3.05, 3.63) is 71.4 Å². The molecule has 0 aliphatic heterocycles. The Hall–Kier alpha value is -3.34. The maximum atomic E-state index is 11.6. The molecule has 1 aliphatic carbocycles. The number of carboxylic acid groups (broad SMARTS) is 2. The van der Waals surface area contributed by atoms with Gasteiger partial charge in [-0.25, -0.2) is 9.59 Å². The van der Waals surface area contributed by atoms with Crippen molar-refractivity contribution in [3.8, 4) is 5.69 Å². The van der Waals surface area contributed by atoms with E-state index in [0.717, 1.165) is 16.5 Å². The molecular weight excluding hydrogens is 306 g/mol. The molecule has 118 valence electrons. The number of rotatable bonds is 3. The fourth-order valence-electron chi connectivity index (χ4n) is 3.25. The van der Waals surface area contributed by atoms with Crippen LogP contribution in [0.2, 0.25) is 0 Å². The second kappa shape index (κ2) is 5.09. The minimum Gasteiger partial charge on any atom is -0.478 e. The molecule has 0 unspecified atom stereocenters. The number of carbonyl (C=O) groups is 2. The number of fused-ring (bicyclic) bond motifs is 2. The van der Waals surface area contributed by atoms with Crippen molar-refractivity contribution in [2.45, 2.75) is 6.42 Å². The quantitative estimate of drug-likeness (QED) is 0.776. The van der Waals surface area contributed by atoms with Crippen molar-refractivity contribution >= 4 is 28.4 Å². The number of aliphatic carboxylic acids is 1. The molecule has 2 aromatic carbocycles. The first-order valence-electron chi connectivity index (χ1n) is 7.47. The number of hydrogen-bond donors (Lipinski definition) is 2. The summed E-state index contributed by atoms with van der Waals surface area (Å²) in [5.41, 5.74) is 3.41. The van der Waals surface area contributed by atoms with Crippen molar-refractivity contribution in [2.75, 3.05) is 0 Å². The Balaban J connectivity index is 1.98. The summed E-state index contributed by atoms with van der Waals surface area (Å²) < 4.78 is 1.65. The van der Waals surface area contributed by atoms with Crippen LogP contribution in [0.15, 0.2) is 54.6 Å². The summed E-state index contributed by atoms with van der Waals surface area (Å²) in [6, 6.07) is 14.5. The number of nitrogens with zero attached hydrogens (tertiary/aromatic N) is 1. The third-order valence-corrected chi connectivity index (χ3v) is 4.33. The maximum absolute atomic E-state index is 11.6. The van der Waals surface area contributed by atoms with E-state index in [1.165, 1.54) is 0 Å². The molecule has 0 saturated carbocycles. The lowest BCUT2D eigenvalue weighted by molar-refractivity contribution is -0.130. The van der Waals surface area contributed by atoms with E-state index in [-0.39, 0.29) is 11.3 Å². The van der Waals surface area contributed by atoms with Gasteiger partial charge in [-0.1, -0.05) is 30.3 Å². The molecule has 0 bridgehead atoms. The Kier molecular flexibility index (Phi) is 3.03. The van der Waals surface area contributed by atoms with Gasteiger partial charge in [-0.15, -0.1) is 0 Å². The van der Waals surface area contributed by atoms with Gasteiger partial charge < -0.3 is 14.8 Å². The van der Waals surface area contributed by atoms with E-state index in [2.05, 4.69) is 0 Å². The summed E-state index contributed by atoms with van der Waals surface area (Å²) >= 11 is 0. The third-order valence-electron chi connectivity index (χ3n) is 4.33. The highest BCUT2D eigenvalue weighted by Crippen LogP contribution is 2.32. The van der Waals surface area contributed by atoms with E-state index in [1.807, 2.05) is 36.4 Å². The lowest BCUT2D eigenvalue weighted by Crippen LogP contribution is -2.07. The first-order chi connectivity index (χ1) is 11.6. The third kappa shape index (κ3) is 2.02. The molecule has 24 heavy (non-hydrogen) atoms. The minimum atomic E-state index is -1.03. The van der Waals surface area contributed by atoms with Crippen LogP contribution in [0, 0.1) is 0 Å². The summed E-state index contributed by atoms with van der Waals surface area (Å²) in [5.74, 6) is -2.00. The highest BCUT2D eigenvalue weighted by Gasteiger charge is 2.22. The van der Waals surface area contributed by atoms with Gasteiger partial charge in [0.1, 0.15) is 5.69 Å². The summed E-state index contributed by atoms with van der Waals surface area (Å²) in [5, 5.41) is 19.7. The molecule has 0 fully saturated rings. The lowest BCUT2D eigenvalue weighted by atomic mass is 10.0. The molecule has 5 nitrogen and oxygen atoms in total. The molecule has 1 heterocycles. The predicted octanol–water partition coefficient (Wildman–Crippen LogP) is 3.35. The smallest absolute Gasteiger partial charge is 0.352 e. The highest BCUT2D eigenvalue weighted by atomic mass is 16.4. The van der Waals surface area contributed by atoms with Gasteiger partial charge in [-0.2, -0.15) is 0 Å². The van der Waals surface area contributed by atoms with Crippen LogP contribution in [0.5, 0.6) is 0 Å². The normalized spacial score (nSPS) is 12.9. The van der Waals surface area contributed by atoms with Gasteiger partial charge in [0.25, 0.3) is 0 Å². The Morgan fingerprint density at radius 3 is 2.50 bits per heavy atom. The van der Waals surface area contributed by atoms with Crippen LogP contribution in [-0.2, 0) is 11.2 Å². The molecule has 0 radical (unpaired) electrons. The summed E-state index contributed by atoms with van der Waals surface area (Å²) in [7, 11) is 0. The van der Waals surface area contributed by atoms with Crippen LogP contribution in [-0.4, -0.2) is 26.7 Å². The number of para-hydroxylation sites is 1. The van der Waals surface area contributed by atoms with E-state index in [1.54, 1.807) is 22.8 Å². The van der Waals surface area contributed by atoms with Crippen molar-refractivity contribution in [1.82, 2.24) is 4.57 Å². The number of hydrogen-bond acceptors (Lipinski definition) is 2. The van der Waals surface area contributed by atoms with E-state index in [9.17, 15) is 19.8 Å². The zero-order valence-electron chi connectivity index (χ0n) is 12.6. The molecule has 1 aromatic heterocycles. The van der Waals surface area contributed by atoms with Gasteiger partial charge in [0.05, 0.1) is 11.1 Å². The first-order valence-corrected chi connectivity index (χ1v) is 7.47. The summed E-state index contributed by atoms with van der Waals surface area (Å²) in [6.07, 6.45) is 2.26. The maximum Gasteiger partial charge on any atom is 0.352 e. The second-order valence-corrected chi connectivity index (χ2v) is 5.70. The molecule has 1 aliphatic rings. The molecule has 4 rings (SSSR count). The van der Waals surface area contributed by atoms with Crippen molar-refractivity contribution in [1.29, 1.82) is 0 Å². The van der Waals surface area contributed by atoms with Crippen molar-refractivity contribution in [2.24, 2.45) is 0 Å². The predicted molar refractivity (Wildman–Crippen MR) is 89.6 cm³/mol. The monoisotopic (exact) mass is 319 g/mol. The molecule has 5 heteroatoms. The minimum absolute atomic E-state index is 0.148. The number of carboxylic acids is 2. The van der Waals surface area contributed by atoms with E-state index >= 15 is 0 Å². The van der Waals surface area contributed by atoms with Crippen LogP contribution >= 0.6 is 0 Å². The van der Waals surface area contributed by atoms with E-state index < -0.39 is 11.9 Å². The Morgan fingerprint density at radius 1 is 0.958 bits per heavy atom. The van der Waals surface area contributed by atoms with Crippen LogP contribution in [0.3, 0.4) is 0 Å². The zero-order valence-corrected chi connectivity index (χ0v) is 12.6. The van der Waals surface area contributed by atoms with Crippen molar-refractivity contribution in [3.63, 3.8) is 0 Å². The second-order valence-electron chi connectivity index (χ2n) is 5.70. The Labute approximate surface area is 137 Å². The average Bonchev–Trinajstić information content (AvgIpc) is 3.15. The number of allylic oxidation sites excluding steroid dienone is 1. The molecule has 2 N–H and O–H groups in total. The van der Waals surface area contributed by atoms with E-state index in [0.29, 0.717) is 17.7 Å². The van der Waals surface area contributed by atoms with Gasteiger partial charge in [-0.3, -0.25) is 0 Å². The lowest BCUT2D eigenvalue weighted by Gasteiger charge is -2.11. The fourth-order valence-corrected chi connectivity index (χ4v) is 3.25. The summed E-state index contributed by atoms with van der Waals surface area (Å²) in [6.45, 7) is 0. The topological polar surface area (TPSA) is 79.5 Å². The largest absolute Gasteiger partial charge is 0.478 e. The molecular formula is C19H13NO4. The highest BCUT2D eigenvalue weighted by molar-refractivity contribution is 6.17. The average molecular weight is 319 g/mol. The van der Waals surface area contributed by atoms with Crippen LogP contribution in [0.4, 0.5) is 0 Å². The molecule has 3 aromatic rings. The molecule has 0 amide bonds. The van der Waals surface area contributed by atoms with Crippen LogP contribution < -0.4 is 0 Å². The van der Waals surface area contributed by atoms with Gasteiger partial charge in [0, 0.05) is 11.1 Å². The van der Waals surface area contributed by atoms with Gasteiger partial charge in [-0.05, 0) is 41.8 Å². The van der Waals surface area contributed by atoms with Gasteiger partial charge >= 0.3 is 11.9 Å². The Bertz CT molecular complexity index is 1040. The number of aromatic nitrogens is 1. The zero-order chi connectivity index (χ0) is 16.8. The molecule has 0 saturated heterocycles. The van der Waals surface area contributed by atoms with Gasteiger partial charge in [0.2, 0.25) is 0 Å². The molecule has 0 spiro atoms. The number of aromatic carboxylic acids is 1. The van der Waals surface area contributed by atoms with E-state index in [4.69, 9.17) is 0 Å². The van der Waals surface area contributed by atoms with Crippen LogP contribution in [0.25, 0.3) is 22.2 Å². The SMILES string of the molecule is O=C(O)C1=CCc2ccc(-n3c(C(=O)O)cc4ccccc43)cc21. The molecule has 0 atom stereocenters. The number of benzene rings is 2. The van der Waals surface area contributed by atoms with Crippen LogP contribution in [0.1, 0.15) is 21.6 Å². The first kappa shape index (κ1) is 14.3. The van der Waals surface area contributed by atoms with Crippen molar-refractivity contribution < 1.29 is 19.8 Å². The van der Waals surface area contributed by atoms with Gasteiger partial charge in [0.15, 0.2) is 0 Å². The Morgan fingerprint density at radius 2 is 1.75 bits per heavy atom. The fraction of sp³-hybridized carbons (Fsp3) is 0.0526.